The molecule has 1 aliphatic heterocycles. The van der Waals surface area contributed by atoms with Gasteiger partial charge in [-0.05, 0) is 42.9 Å². The highest BCUT2D eigenvalue weighted by molar-refractivity contribution is 4.98. The van der Waals surface area contributed by atoms with Crippen molar-refractivity contribution in [1.82, 2.24) is 0 Å². The van der Waals surface area contributed by atoms with E-state index in [1.54, 1.807) is 6.42 Å². The van der Waals surface area contributed by atoms with E-state index in [2.05, 4.69) is 0 Å². The van der Waals surface area contributed by atoms with Crippen molar-refractivity contribution in [3.8, 4) is 0 Å². The van der Waals surface area contributed by atoms with Crippen LogP contribution in [0, 0.1) is 23.7 Å². The molecule has 3 fully saturated rings. The van der Waals surface area contributed by atoms with Gasteiger partial charge in [0.2, 0.25) is 0 Å². The summed E-state index contributed by atoms with van der Waals surface area (Å²) in [4.78, 5) is 0. The Balaban J connectivity index is 1.92. The fourth-order valence-electron chi connectivity index (χ4n) is 3.39. The Kier molecular flexibility index (Phi) is 0.984. The van der Waals surface area contributed by atoms with E-state index in [1.165, 1.54) is 12.8 Å². The smallest absolute Gasteiger partial charge is 0.0500 e. The molecule has 0 unspecified atom stereocenters. The third-order valence-corrected chi connectivity index (χ3v) is 3.90. The van der Waals surface area contributed by atoms with Gasteiger partial charge in [-0.25, -0.2) is 0 Å². The van der Waals surface area contributed by atoms with Crippen molar-refractivity contribution in [1.29, 1.82) is 0 Å². The number of fused-ring (bicyclic) bond motifs is 5. The summed E-state index contributed by atoms with van der Waals surface area (Å²) in [5, 5.41) is 0. The van der Waals surface area contributed by atoms with Gasteiger partial charge >= 0.3 is 0 Å². The van der Waals surface area contributed by atoms with Crippen LogP contribution < -0.4 is 0 Å². The highest BCUT2D eigenvalue weighted by atomic mass is 16.5. The highest BCUT2D eigenvalue weighted by Crippen LogP contribution is 2.54. The number of rotatable bonds is 0. The van der Waals surface area contributed by atoms with Crippen LogP contribution in [0.15, 0.2) is 0 Å². The molecule has 4 atom stereocenters. The van der Waals surface area contributed by atoms with Gasteiger partial charge in [0.1, 0.15) is 0 Å². The van der Waals surface area contributed by atoms with Crippen molar-refractivity contribution in [2.24, 2.45) is 23.7 Å². The van der Waals surface area contributed by atoms with E-state index in [1.807, 2.05) is 0 Å². The summed E-state index contributed by atoms with van der Waals surface area (Å²) in [5.74, 6) is 4.10. The molecule has 2 saturated carbocycles. The molecular weight excluding hydrogens is 124 g/mol. The fraction of sp³-hybridized carbons (Fsp3) is 1.00. The normalized spacial score (nSPS) is 57.6. The van der Waals surface area contributed by atoms with E-state index >= 15 is 0 Å². The maximum Gasteiger partial charge on any atom is 0.0500 e. The summed E-state index contributed by atoms with van der Waals surface area (Å²) < 4.78 is 5.49. The van der Waals surface area contributed by atoms with Crippen molar-refractivity contribution in [3.05, 3.63) is 0 Å². The minimum atomic E-state index is 0.985. The topological polar surface area (TPSA) is 9.23 Å². The molecule has 1 saturated heterocycles. The van der Waals surface area contributed by atoms with Gasteiger partial charge in [-0.15, -0.1) is 0 Å². The third-order valence-electron chi connectivity index (χ3n) is 3.90. The van der Waals surface area contributed by atoms with E-state index in [-0.39, 0.29) is 0 Å². The summed E-state index contributed by atoms with van der Waals surface area (Å²) in [6.07, 6.45) is 4.56. The molecule has 1 heterocycles. The second-order valence-electron chi connectivity index (χ2n) is 4.20. The van der Waals surface area contributed by atoms with Crippen LogP contribution in [0.1, 0.15) is 19.3 Å². The Hall–Kier alpha value is -0.0400. The van der Waals surface area contributed by atoms with Crippen LogP contribution in [0.5, 0.6) is 0 Å². The third kappa shape index (κ3) is 0.531. The van der Waals surface area contributed by atoms with Crippen molar-refractivity contribution < 1.29 is 4.74 Å². The van der Waals surface area contributed by atoms with Gasteiger partial charge in [0.15, 0.2) is 0 Å². The quantitative estimate of drug-likeness (QED) is 0.495. The first-order valence-electron chi connectivity index (χ1n) is 4.53. The Morgan fingerprint density at radius 3 is 2.10 bits per heavy atom. The maximum absolute atomic E-state index is 5.49. The average molecular weight is 138 g/mol. The van der Waals surface area contributed by atoms with Gasteiger partial charge in [0.05, 0.1) is 13.2 Å². The largest absolute Gasteiger partial charge is 0.381 e. The lowest BCUT2D eigenvalue weighted by molar-refractivity contribution is 0.163. The second-order valence-corrected chi connectivity index (χ2v) is 4.20. The van der Waals surface area contributed by atoms with Crippen LogP contribution in [-0.4, -0.2) is 13.2 Å². The zero-order chi connectivity index (χ0) is 6.55. The predicted molar refractivity (Wildman–Crippen MR) is 38.6 cm³/mol. The van der Waals surface area contributed by atoms with Gasteiger partial charge < -0.3 is 4.74 Å². The Morgan fingerprint density at radius 1 is 0.900 bits per heavy atom. The Morgan fingerprint density at radius 2 is 1.50 bits per heavy atom. The number of hydrogen-bond donors (Lipinski definition) is 0. The molecule has 1 heteroatoms. The molecule has 3 rings (SSSR count). The molecule has 0 amide bonds. The molecule has 0 aromatic carbocycles. The van der Waals surface area contributed by atoms with Crippen molar-refractivity contribution in [2.45, 2.75) is 19.3 Å². The molecule has 2 aliphatic carbocycles. The molecule has 0 radical (unpaired) electrons. The van der Waals surface area contributed by atoms with Crippen molar-refractivity contribution in [3.63, 3.8) is 0 Å². The van der Waals surface area contributed by atoms with E-state index in [9.17, 15) is 0 Å². The maximum atomic E-state index is 5.49. The van der Waals surface area contributed by atoms with Crippen molar-refractivity contribution >= 4 is 0 Å². The van der Waals surface area contributed by atoms with Gasteiger partial charge in [0.25, 0.3) is 0 Å². The second kappa shape index (κ2) is 1.76. The fourth-order valence-corrected chi connectivity index (χ4v) is 3.39. The highest BCUT2D eigenvalue weighted by Gasteiger charge is 2.49. The monoisotopic (exact) mass is 138 g/mol. The molecule has 0 aromatic rings. The van der Waals surface area contributed by atoms with E-state index < -0.39 is 0 Å². The lowest BCUT2D eigenvalue weighted by atomic mass is 9.82. The minimum Gasteiger partial charge on any atom is -0.381 e. The van der Waals surface area contributed by atoms with Crippen LogP contribution in [0.4, 0.5) is 0 Å². The summed E-state index contributed by atoms with van der Waals surface area (Å²) in [6, 6.07) is 0. The first kappa shape index (κ1) is 5.59. The summed E-state index contributed by atoms with van der Waals surface area (Å²) in [5.41, 5.74) is 0. The van der Waals surface area contributed by atoms with Gasteiger partial charge in [-0.3, -0.25) is 0 Å². The molecule has 0 aromatic heterocycles. The zero-order valence-electron chi connectivity index (χ0n) is 6.25. The standard InChI is InChI=1S/C9H14O/c1-2-7-3-6(1)8-4-10-5-9(7)8/h6-9H,1-5H2/t6-,7+,8+,9-. The average Bonchev–Trinajstić information content (AvgIpc) is 2.60. The molecule has 56 valence electrons. The first-order chi connectivity index (χ1) is 4.95. The SMILES string of the molecule is C1C[C@@H]2C[C@H]1[C@H]1COC[C@@H]21. The molecule has 1 nitrogen and oxygen atoms in total. The van der Waals surface area contributed by atoms with Gasteiger partial charge in [0, 0.05) is 0 Å². The minimum absolute atomic E-state index is 0.985. The van der Waals surface area contributed by atoms with E-state index in [0.717, 1.165) is 36.9 Å². The van der Waals surface area contributed by atoms with Crippen molar-refractivity contribution in [2.75, 3.05) is 13.2 Å². The molecule has 0 spiro atoms. The lowest BCUT2D eigenvalue weighted by Gasteiger charge is -2.21. The molecule has 0 N–H and O–H groups in total. The molecule has 10 heavy (non-hydrogen) atoms. The number of hydrogen-bond acceptors (Lipinski definition) is 1. The first-order valence-corrected chi connectivity index (χ1v) is 4.53. The zero-order valence-corrected chi connectivity index (χ0v) is 6.25. The molecule has 2 bridgehead atoms. The number of ether oxygens (including phenoxy) is 1. The van der Waals surface area contributed by atoms with Crippen LogP contribution in [0.2, 0.25) is 0 Å². The van der Waals surface area contributed by atoms with Crippen LogP contribution in [-0.2, 0) is 4.74 Å². The Bertz CT molecular complexity index is 139. The predicted octanol–water partition coefficient (Wildman–Crippen LogP) is 1.68. The summed E-state index contributed by atoms with van der Waals surface area (Å²) in [6.45, 7) is 2.18. The summed E-state index contributed by atoms with van der Waals surface area (Å²) in [7, 11) is 0. The molecule has 3 aliphatic rings. The lowest BCUT2D eigenvalue weighted by Crippen LogP contribution is -2.19. The molecular formula is C9H14O. The van der Waals surface area contributed by atoms with Crippen LogP contribution in [0.3, 0.4) is 0 Å². The van der Waals surface area contributed by atoms with Gasteiger partial charge in [-0.2, -0.15) is 0 Å². The van der Waals surface area contributed by atoms with Crippen LogP contribution in [0.25, 0.3) is 0 Å². The van der Waals surface area contributed by atoms with E-state index in [0.29, 0.717) is 0 Å². The van der Waals surface area contributed by atoms with E-state index in [4.69, 9.17) is 4.74 Å². The Labute approximate surface area is 61.8 Å². The summed E-state index contributed by atoms with van der Waals surface area (Å²) >= 11 is 0. The van der Waals surface area contributed by atoms with Gasteiger partial charge in [-0.1, -0.05) is 0 Å². The van der Waals surface area contributed by atoms with Crippen LogP contribution >= 0.6 is 0 Å².